The van der Waals surface area contributed by atoms with E-state index in [1.54, 1.807) is 4.90 Å². The summed E-state index contributed by atoms with van der Waals surface area (Å²) < 4.78 is 11.6. The van der Waals surface area contributed by atoms with E-state index in [0.717, 1.165) is 35.0 Å². The van der Waals surface area contributed by atoms with Gasteiger partial charge < -0.3 is 24.7 Å². The van der Waals surface area contributed by atoms with Crippen LogP contribution in [0.2, 0.25) is 5.02 Å². The maximum absolute atomic E-state index is 13.2. The monoisotopic (exact) mass is 512 g/mol. The van der Waals surface area contributed by atoms with E-state index >= 15 is 0 Å². The van der Waals surface area contributed by atoms with Crippen LogP contribution in [0.3, 0.4) is 0 Å². The molecule has 1 aliphatic carbocycles. The zero-order chi connectivity index (χ0) is 25.3. The summed E-state index contributed by atoms with van der Waals surface area (Å²) in [5.74, 6) is 1.13. The smallest absolute Gasteiger partial charge is 0.410 e. The van der Waals surface area contributed by atoms with Crippen molar-refractivity contribution in [3.63, 3.8) is 0 Å². The van der Waals surface area contributed by atoms with Gasteiger partial charge in [-0.3, -0.25) is 4.90 Å². The van der Waals surface area contributed by atoms with Crippen LogP contribution in [0.25, 0.3) is 10.9 Å². The fraction of sp³-hybridized carbons (Fsp3) is 0.464. The third kappa shape index (κ3) is 4.92. The Labute approximate surface area is 216 Å². The molecule has 0 saturated heterocycles. The fourth-order valence-electron chi connectivity index (χ4n) is 4.81. The van der Waals surface area contributed by atoms with Crippen LogP contribution in [0.15, 0.2) is 42.5 Å². The van der Waals surface area contributed by atoms with Crippen LogP contribution in [0.5, 0.6) is 5.75 Å². The van der Waals surface area contributed by atoms with E-state index in [4.69, 9.17) is 21.1 Å². The molecule has 0 unspecified atom stereocenters. The number of amides is 1. The predicted octanol–water partition coefficient (Wildman–Crippen LogP) is 5.08. The first-order valence-electron chi connectivity index (χ1n) is 12.6. The van der Waals surface area contributed by atoms with Crippen molar-refractivity contribution in [1.29, 1.82) is 0 Å². The Balaban J connectivity index is 1.44. The van der Waals surface area contributed by atoms with E-state index in [9.17, 15) is 15.0 Å². The Morgan fingerprint density at radius 2 is 1.92 bits per heavy atom. The molecule has 1 fully saturated rings. The number of ether oxygens (including phenoxy) is 2. The molecule has 0 spiro atoms. The summed E-state index contributed by atoms with van der Waals surface area (Å²) in [5.41, 5.74) is 3.40. The molecule has 0 bridgehead atoms. The molecular formula is C28H33ClN2O5. The molecule has 8 heteroatoms. The van der Waals surface area contributed by atoms with Crippen molar-refractivity contribution >= 4 is 28.6 Å². The summed E-state index contributed by atoms with van der Waals surface area (Å²) >= 11 is 6.29. The van der Waals surface area contributed by atoms with Gasteiger partial charge >= 0.3 is 6.09 Å². The Morgan fingerprint density at radius 1 is 1.17 bits per heavy atom. The molecule has 192 valence electrons. The first-order valence-corrected chi connectivity index (χ1v) is 13.0. The molecule has 2 aromatic carbocycles. The molecular weight excluding hydrogens is 480 g/mol. The van der Waals surface area contributed by atoms with Crippen molar-refractivity contribution in [2.24, 2.45) is 11.3 Å². The lowest BCUT2D eigenvalue weighted by Crippen LogP contribution is -2.41. The largest absolute Gasteiger partial charge is 0.493 e. The van der Waals surface area contributed by atoms with Crippen molar-refractivity contribution in [2.75, 3.05) is 33.0 Å². The number of rotatable bonds is 9. The van der Waals surface area contributed by atoms with E-state index in [1.807, 2.05) is 49.4 Å². The van der Waals surface area contributed by atoms with Gasteiger partial charge in [0.2, 0.25) is 0 Å². The highest BCUT2D eigenvalue weighted by atomic mass is 35.5. The van der Waals surface area contributed by atoms with E-state index in [-0.39, 0.29) is 32.0 Å². The van der Waals surface area contributed by atoms with Crippen LogP contribution in [0.4, 0.5) is 4.79 Å². The Morgan fingerprint density at radius 3 is 2.58 bits per heavy atom. The second-order valence-electron chi connectivity index (χ2n) is 10.1. The first-order chi connectivity index (χ1) is 17.5. The van der Waals surface area contributed by atoms with Gasteiger partial charge in [-0.1, -0.05) is 30.7 Å². The van der Waals surface area contributed by atoms with Gasteiger partial charge in [0.1, 0.15) is 11.8 Å². The van der Waals surface area contributed by atoms with Gasteiger partial charge in [-0.25, -0.2) is 4.79 Å². The predicted molar refractivity (Wildman–Crippen MR) is 138 cm³/mol. The minimum atomic E-state index is -0.676. The van der Waals surface area contributed by atoms with Crippen molar-refractivity contribution in [3.05, 3.63) is 64.3 Å². The summed E-state index contributed by atoms with van der Waals surface area (Å²) in [4.78, 5) is 18.5. The molecule has 3 aromatic rings. The van der Waals surface area contributed by atoms with Gasteiger partial charge in [-0.05, 0) is 73.1 Å². The van der Waals surface area contributed by atoms with E-state index in [2.05, 4.69) is 4.98 Å². The number of hydrogen-bond acceptors (Lipinski definition) is 5. The second kappa shape index (κ2) is 10.3. The quantitative estimate of drug-likeness (QED) is 0.372. The topological polar surface area (TPSA) is 95.0 Å². The van der Waals surface area contributed by atoms with Gasteiger partial charge in [0, 0.05) is 28.2 Å². The second-order valence-corrected chi connectivity index (χ2v) is 10.5. The molecule has 2 heterocycles. The summed E-state index contributed by atoms with van der Waals surface area (Å²) in [5, 5.41) is 21.2. The van der Waals surface area contributed by atoms with Gasteiger partial charge in [-0.2, -0.15) is 0 Å². The number of carbonyl (C=O) groups is 1. The summed E-state index contributed by atoms with van der Waals surface area (Å²) in [6, 6.07) is 13.1. The van der Waals surface area contributed by atoms with Gasteiger partial charge in [0.05, 0.1) is 31.8 Å². The fourth-order valence-corrected chi connectivity index (χ4v) is 4.98. The highest BCUT2D eigenvalue weighted by Gasteiger charge is 2.36. The number of aliphatic hydroxyl groups excluding tert-OH is 2. The van der Waals surface area contributed by atoms with Gasteiger partial charge in [-0.15, -0.1) is 0 Å². The van der Waals surface area contributed by atoms with Gasteiger partial charge in [0.15, 0.2) is 0 Å². The normalized spacial score (nSPS) is 17.8. The zero-order valence-electron chi connectivity index (χ0n) is 20.5. The highest BCUT2D eigenvalue weighted by Crippen LogP contribution is 2.40. The van der Waals surface area contributed by atoms with Crippen molar-refractivity contribution < 1.29 is 24.5 Å². The Hall–Kier alpha value is -2.74. The van der Waals surface area contributed by atoms with E-state index in [1.165, 1.54) is 5.56 Å². The maximum atomic E-state index is 13.2. The van der Waals surface area contributed by atoms with Crippen LogP contribution in [0, 0.1) is 11.3 Å². The number of nitrogens with one attached hydrogen (secondary N) is 1. The third-order valence-corrected chi connectivity index (χ3v) is 7.86. The zero-order valence-corrected chi connectivity index (χ0v) is 21.3. The molecule has 1 aromatic heterocycles. The number of nitrogens with zero attached hydrogens (tertiary/aromatic N) is 1. The average molecular weight is 513 g/mol. The van der Waals surface area contributed by atoms with Crippen LogP contribution in [-0.4, -0.2) is 59.2 Å². The molecule has 7 nitrogen and oxygen atoms in total. The Bertz CT molecular complexity index is 1210. The summed E-state index contributed by atoms with van der Waals surface area (Å²) in [6.07, 6.45) is 3.26. The number of halogens is 1. The number of carbonyl (C=O) groups excluding carboxylic acids is 1. The lowest BCUT2D eigenvalue weighted by atomic mass is 9.88. The number of aromatic nitrogens is 1. The molecule has 1 saturated carbocycles. The number of hydrogen-bond donors (Lipinski definition) is 3. The van der Waals surface area contributed by atoms with E-state index in [0.29, 0.717) is 42.7 Å². The lowest BCUT2D eigenvalue weighted by molar-refractivity contribution is 0.0114. The number of H-pyrrole nitrogens is 1. The van der Waals surface area contributed by atoms with Gasteiger partial charge in [0.25, 0.3) is 0 Å². The molecule has 3 N–H and O–H groups in total. The van der Waals surface area contributed by atoms with E-state index < -0.39 is 5.41 Å². The van der Waals surface area contributed by atoms with Crippen LogP contribution in [-0.2, 0) is 11.2 Å². The Kier molecular flexibility index (Phi) is 7.15. The standard InChI is InChI=1S/C28H33ClN2O5/c1-2-28(15-32,16-33)17-36-21-8-5-19(6-9-21)26-25-22(23-13-20(29)7-10-24(23)30-25)11-12-31(26)27(34)35-14-18-3-4-18/h5-10,13,18,26,30,32-33H,2-4,11-12,14-17H2,1H3/t26-/m0/s1. The average Bonchev–Trinajstić information content (AvgIpc) is 3.67. The third-order valence-electron chi connectivity index (χ3n) is 7.62. The molecule has 1 amide bonds. The minimum Gasteiger partial charge on any atom is -0.493 e. The number of aromatic amines is 1. The first kappa shape index (κ1) is 24.9. The molecule has 0 radical (unpaired) electrons. The van der Waals surface area contributed by atoms with Crippen LogP contribution in [0.1, 0.15) is 49.0 Å². The highest BCUT2D eigenvalue weighted by molar-refractivity contribution is 6.31. The molecule has 36 heavy (non-hydrogen) atoms. The molecule has 1 aliphatic heterocycles. The van der Waals surface area contributed by atoms with Crippen molar-refractivity contribution in [3.8, 4) is 5.75 Å². The van der Waals surface area contributed by atoms with Crippen molar-refractivity contribution in [2.45, 2.75) is 38.6 Å². The summed E-state index contributed by atoms with van der Waals surface area (Å²) in [6.45, 7) is 2.86. The molecule has 5 rings (SSSR count). The van der Waals surface area contributed by atoms with Crippen LogP contribution < -0.4 is 4.74 Å². The lowest BCUT2D eigenvalue weighted by Gasteiger charge is -2.35. The molecule has 1 atom stereocenters. The number of fused-ring (bicyclic) bond motifs is 3. The SMILES string of the molecule is CCC(CO)(CO)COc1ccc([C@H]2c3[nH]c4ccc(Cl)cc4c3CCN2C(=O)OCC2CC2)cc1. The van der Waals surface area contributed by atoms with Crippen LogP contribution >= 0.6 is 11.6 Å². The minimum absolute atomic E-state index is 0.148. The summed E-state index contributed by atoms with van der Waals surface area (Å²) in [7, 11) is 0. The number of aliphatic hydroxyl groups is 2. The number of benzene rings is 2. The molecule has 2 aliphatic rings. The van der Waals surface area contributed by atoms with Crippen molar-refractivity contribution in [1.82, 2.24) is 9.88 Å². The maximum Gasteiger partial charge on any atom is 0.410 e.